The van der Waals surface area contributed by atoms with Gasteiger partial charge in [-0.1, -0.05) is 17.7 Å². The van der Waals surface area contributed by atoms with Crippen molar-refractivity contribution < 1.29 is 13.2 Å². The number of benzene rings is 1. The molecule has 1 amide bonds. The average Bonchev–Trinajstić information content (AvgIpc) is 3.22. The summed E-state index contributed by atoms with van der Waals surface area (Å²) < 4.78 is 26.5. The Hall–Kier alpha value is -1.40. The van der Waals surface area contributed by atoms with Gasteiger partial charge >= 0.3 is 0 Å². The van der Waals surface area contributed by atoms with Gasteiger partial charge in [0.15, 0.2) is 0 Å². The fourth-order valence-corrected chi connectivity index (χ4v) is 5.77. The lowest BCUT2D eigenvalue weighted by atomic mass is 9.86. The summed E-state index contributed by atoms with van der Waals surface area (Å²) in [6, 6.07) is 7.96. The highest BCUT2D eigenvalue weighted by Gasteiger charge is 2.52. The second-order valence-corrected chi connectivity index (χ2v) is 9.53. The number of sulfonamides is 1. The van der Waals surface area contributed by atoms with E-state index in [9.17, 15) is 13.2 Å². The van der Waals surface area contributed by atoms with Crippen molar-refractivity contribution in [3.05, 3.63) is 29.8 Å². The summed E-state index contributed by atoms with van der Waals surface area (Å²) in [6.07, 6.45) is 2.82. The molecule has 2 aliphatic heterocycles. The maximum absolute atomic E-state index is 12.5. The van der Waals surface area contributed by atoms with Crippen molar-refractivity contribution in [2.75, 3.05) is 24.5 Å². The Kier molecular flexibility index (Phi) is 3.32. The molecular weight excluding hydrogens is 312 g/mol. The van der Waals surface area contributed by atoms with Gasteiger partial charge in [0.25, 0.3) is 0 Å². The summed E-state index contributed by atoms with van der Waals surface area (Å²) in [5.74, 6) is 0.111. The number of hydrogen-bond acceptors (Lipinski definition) is 3. The fraction of sp³-hybridized carbons (Fsp3) is 0.588. The standard InChI is InChI=1S/C17H22N2O3S/c1-13-2-4-14(5-3-13)19-12-17(10-16(19)20)8-9-18(11-17)23(21,22)15-6-7-15/h2-5,15H,6-12H2,1H3. The molecule has 3 aliphatic rings. The molecular formula is C17H22N2O3S. The number of aryl methyl sites for hydroxylation is 1. The predicted octanol–water partition coefficient (Wildman–Crippen LogP) is 1.92. The van der Waals surface area contributed by atoms with Crippen LogP contribution in [-0.2, 0) is 14.8 Å². The third-order valence-electron chi connectivity index (χ3n) is 5.38. The lowest BCUT2D eigenvalue weighted by Crippen LogP contribution is -2.35. The molecule has 0 radical (unpaired) electrons. The van der Waals surface area contributed by atoms with E-state index in [1.54, 1.807) is 4.31 Å². The van der Waals surface area contributed by atoms with Crippen molar-refractivity contribution in [2.24, 2.45) is 5.41 Å². The summed E-state index contributed by atoms with van der Waals surface area (Å²) >= 11 is 0. The van der Waals surface area contributed by atoms with E-state index in [1.165, 1.54) is 0 Å². The molecule has 1 aromatic rings. The quantitative estimate of drug-likeness (QED) is 0.848. The predicted molar refractivity (Wildman–Crippen MR) is 88.7 cm³/mol. The lowest BCUT2D eigenvalue weighted by Gasteiger charge is -2.24. The van der Waals surface area contributed by atoms with Crippen LogP contribution in [0.15, 0.2) is 24.3 Å². The monoisotopic (exact) mass is 334 g/mol. The molecule has 1 saturated carbocycles. The Labute approximate surface area is 137 Å². The highest BCUT2D eigenvalue weighted by Crippen LogP contribution is 2.44. The maximum atomic E-state index is 12.5. The van der Waals surface area contributed by atoms with Crippen molar-refractivity contribution in [1.29, 1.82) is 0 Å². The van der Waals surface area contributed by atoms with Gasteiger partial charge in [-0.15, -0.1) is 0 Å². The normalized spacial score (nSPS) is 28.9. The molecule has 6 heteroatoms. The van der Waals surface area contributed by atoms with Gasteiger partial charge in [-0.05, 0) is 38.3 Å². The number of carbonyl (C=O) groups excluding carboxylic acids is 1. The first-order valence-electron chi connectivity index (χ1n) is 8.26. The first-order chi connectivity index (χ1) is 10.9. The average molecular weight is 334 g/mol. The zero-order valence-corrected chi connectivity index (χ0v) is 14.2. The minimum atomic E-state index is -3.13. The zero-order chi connectivity index (χ0) is 16.2. The van der Waals surface area contributed by atoms with Crippen LogP contribution < -0.4 is 4.90 Å². The van der Waals surface area contributed by atoms with Crippen molar-refractivity contribution in [2.45, 2.75) is 37.9 Å². The first-order valence-corrected chi connectivity index (χ1v) is 9.76. The van der Waals surface area contributed by atoms with Crippen molar-refractivity contribution in [3.63, 3.8) is 0 Å². The van der Waals surface area contributed by atoms with Gasteiger partial charge in [-0.25, -0.2) is 12.7 Å². The molecule has 3 fully saturated rings. The van der Waals surface area contributed by atoms with Crippen LogP contribution in [0.5, 0.6) is 0 Å². The van der Waals surface area contributed by atoms with Crippen molar-refractivity contribution >= 4 is 21.6 Å². The smallest absolute Gasteiger partial charge is 0.227 e. The van der Waals surface area contributed by atoms with E-state index in [0.717, 1.165) is 30.5 Å². The van der Waals surface area contributed by atoms with Gasteiger partial charge in [0, 0.05) is 37.2 Å². The molecule has 23 heavy (non-hydrogen) atoms. The molecule has 1 atom stereocenters. The first kappa shape index (κ1) is 15.1. The minimum Gasteiger partial charge on any atom is -0.312 e. The Morgan fingerprint density at radius 1 is 1.13 bits per heavy atom. The van der Waals surface area contributed by atoms with Gasteiger partial charge in [0.1, 0.15) is 0 Å². The van der Waals surface area contributed by atoms with Gasteiger partial charge in [-0.2, -0.15) is 0 Å². The Balaban J connectivity index is 1.53. The summed E-state index contributed by atoms with van der Waals surface area (Å²) in [6.45, 7) is 3.72. The van der Waals surface area contributed by atoms with E-state index >= 15 is 0 Å². The van der Waals surface area contributed by atoms with Crippen molar-refractivity contribution in [3.8, 4) is 0 Å². The second-order valence-electron chi connectivity index (χ2n) is 7.32. The SMILES string of the molecule is Cc1ccc(N2CC3(CCN(S(=O)(=O)C4CC4)C3)CC2=O)cc1. The molecule has 0 bridgehead atoms. The van der Waals surface area contributed by atoms with Crippen LogP contribution in [0.2, 0.25) is 0 Å². The Morgan fingerprint density at radius 3 is 2.48 bits per heavy atom. The van der Waals surface area contributed by atoms with Gasteiger partial charge < -0.3 is 4.90 Å². The van der Waals surface area contributed by atoms with Gasteiger partial charge in [-0.3, -0.25) is 4.79 Å². The summed E-state index contributed by atoms with van der Waals surface area (Å²) in [5.41, 5.74) is 1.88. The number of carbonyl (C=O) groups is 1. The van der Waals surface area contributed by atoms with E-state index in [0.29, 0.717) is 26.1 Å². The van der Waals surface area contributed by atoms with Crippen LogP contribution in [0.3, 0.4) is 0 Å². The van der Waals surface area contributed by atoms with Crippen LogP contribution in [-0.4, -0.2) is 43.5 Å². The molecule has 1 aliphatic carbocycles. The van der Waals surface area contributed by atoms with E-state index in [4.69, 9.17) is 0 Å². The number of nitrogens with zero attached hydrogens (tertiary/aromatic N) is 2. The minimum absolute atomic E-state index is 0.111. The van der Waals surface area contributed by atoms with Crippen LogP contribution >= 0.6 is 0 Å². The van der Waals surface area contributed by atoms with Crippen LogP contribution in [0.4, 0.5) is 5.69 Å². The molecule has 2 heterocycles. The highest BCUT2D eigenvalue weighted by atomic mass is 32.2. The number of amides is 1. The third-order valence-corrected chi connectivity index (χ3v) is 7.72. The number of hydrogen-bond donors (Lipinski definition) is 0. The molecule has 4 rings (SSSR count). The summed E-state index contributed by atoms with van der Waals surface area (Å²) in [5, 5.41) is -0.164. The van der Waals surface area contributed by atoms with Crippen LogP contribution in [0.1, 0.15) is 31.2 Å². The van der Waals surface area contributed by atoms with Gasteiger partial charge in [0.05, 0.1) is 5.25 Å². The molecule has 0 N–H and O–H groups in total. The van der Waals surface area contributed by atoms with Crippen LogP contribution in [0.25, 0.3) is 0 Å². The molecule has 0 aromatic heterocycles. The van der Waals surface area contributed by atoms with E-state index in [-0.39, 0.29) is 16.6 Å². The summed E-state index contributed by atoms with van der Waals surface area (Å²) in [4.78, 5) is 14.3. The molecule has 2 saturated heterocycles. The largest absolute Gasteiger partial charge is 0.312 e. The van der Waals surface area contributed by atoms with Crippen molar-refractivity contribution in [1.82, 2.24) is 4.31 Å². The lowest BCUT2D eigenvalue weighted by molar-refractivity contribution is -0.117. The Morgan fingerprint density at radius 2 is 1.83 bits per heavy atom. The third kappa shape index (κ3) is 2.58. The molecule has 1 aromatic carbocycles. The van der Waals surface area contributed by atoms with E-state index in [2.05, 4.69) is 0 Å². The molecule has 1 spiro atoms. The molecule has 1 unspecified atom stereocenters. The van der Waals surface area contributed by atoms with E-state index in [1.807, 2.05) is 36.1 Å². The fourth-order valence-electron chi connectivity index (χ4n) is 3.82. The number of rotatable bonds is 3. The van der Waals surface area contributed by atoms with Gasteiger partial charge in [0.2, 0.25) is 15.9 Å². The topological polar surface area (TPSA) is 57.7 Å². The van der Waals surface area contributed by atoms with Crippen LogP contribution in [0, 0.1) is 12.3 Å². The summed E-state index contributed by atoms with van der Waals surface area (Å²) in [7, 11) is -3.13. The molecule has 5 nitrogen and oxygen atoms in total. The Bertz CT molecular complexity index is 740. The number of anilines is 1. The van der Waals surface area contributed by atoms with E-state index < -0.39 is 10.0 Å². The maximum Gasteiger partial charge on any atom is 0.227 e. The highest BCUT2D eigenvalue weighted by molar-refractivity contribution is 7.90. The second kappa shape index (κ2) is 5.05. The zero-order valence-electron chi connectivity index (χ0n) is 13.4. The molecule has 124 valence electrons.